The van der Waals surface area contributed by atoms with Crippen LogP contribution in [-0.2, 0) is 0 Å². The molecule has 0 fully saturated rings. The first kappa shape index (κ1) is 20.5. The van der Waals surface area contributed by atoms with E-state index in [4.69, 9.17) is 4.42 Å². The maximum absolute atomic E-state index is 5.99. The number of aromatic nitrogens is 1. The lowest BCUT2D eigenvalue weighted by Gasteiger charge is -2.26. The Morgan fingerprint density at radius 3 is 2.06 bits per heavy atom. The summed E-state index contributed by atoms with van der Waals surface area (Å²) in [7, 11) is 0. The molecule has 0 aliphatic heterocycles. The highest BCUT2D eigenvalue weighted by molar-refractivity contribution is 6.05. The number of hydrogen-bond acceptors (Lipinski definition) is 3. The van der Waals surface area contributed by atoms with Gasteiger partial charge < -0.3 is 9.32 Å². The Kier molecular flexibility index (Phi) is 4.78. The summed E-state index contributed by atoms with van der Waals surface area (Å²) in [4.78, 5) is 6.70. The van der Waals surface area contributed by atoms with Gasteiger partial charge in [0, 0.05) is 34.0 Å². The number of hydrogen-bond donors (Lipinski definition) is 0. The third-order valence-corrected chi connectivity index (χ3v) is 6.71. The van der Waals surface area contributed by atoms with Gasteiger partial charge in [0.25, 0.3) is 0 Å². The Bertz CT molecular complexity index is 1840. The first-order valence-electron chi connectivity index (χ1n) is 12.1. The van der Waals surface area contributed by atoms with Crippen LogP contribution in [0.5, 0.6) is 0 Å². The zero-order valence-electron chi connectivity index (χ0n) is 19.5. The van der Waals surface area contributed by atoms with Crippen LogP contribution < -0.4 is 4.90 Å². The van der Waals surface area contributed by atoms with Gasteiger partial charge in [-0.3, -0.25) is 0 Å². The minimum absolute atomic E-state index is 0.661. The van der Waals surface area contributed by atoms with Crippen LogP contribution in [0.15, 0.2) is 138 Å². The minimum Gasteiger partial charge on any atom is -0.438 e. The Labute approximate surface area is 208 Å². The van der Waals surface area contributed by atoms with Crippen molar-refractivity contribution in [2.45, 2.75) is 0 Å². The quantitative estimate of drug-likeness (QED) is 0.261. The molecular weight excluding hydrogens is 440 g/mol. The van der Waals surface area contributed by atoms with E-state index in [1.165, 1.54) is 21.9 Å². The maximum Gasteiger partial charge on any atom is 0.227 e. The monoisotopic (exact) mass is 462 g/mol. The fraction of sp³-hybridized carbons (Fsp3) is 0. The average molecular weight is 463 g/mol. The second kappa shape index (κ2) is 8.40. The zero-order valence-corrected chi connectivity index (χ0v) is 19.5. The first-order valence-corrected chi connectivity index (χ1v) is 12.1. The van der Waals surface area contributed by atoms with Gasteiger partial charge >= 0.3 is 0 Å². The molecule has 2 heterocycles. The lowest BCUT2D eigenvalue weighted by atomic mass is 10.0. The molecule has 3 nitrogen and oxygen atoms in total. The van der Waals surface area contributed by atoms with Crippen molar-refractivity contribution in [1.82, 2.24) is 4.98 Å². The lowest BCUT2D eigenvalue weighted by molar-refractivity contribution is 0.654. The fourth-order valence-corrected chi connectivity index (χ4v) is 4.93. The summed E-state index contributed by atoms with van der Waals surface area (Å²) in [5.41, 5.74) is 7.16. The van der Waals surface area contributed by atoms with Crippen LogP contribution >= 0.6 is 0 Å². The van der Waals surface area contributed by atoms with Crippen LogP contribution in [0.3, 0.4) is 0 Å². The van der Waals surface area contributed by atoms with Crippen LogP contribution in [0.2, 0.25) is 0 Å². The predicted octanol–water partition coefficient (Wildman–Crippen LogP) is 9.27. The van der Waals surface area contributed by atoms with E-state index in [9.17, 15) is 0 Å². The molecule has 0 bridgehead atoms. The minimum atomic E-state index is 0.661. The molecule has 5 aromatic carbocycles. The van der Waals surface area contributed by atoms with Gasteiger partial charge in [-0.05, 0) is 76.5 Å². The number of fused-ring (bicyclic) bond motifs is 4. The molecule has 0 N–H and O–H groups in total. The molecule has 3 heteroatoms. The van der Waals surface area contributed by atoms with E-state index in [1.54, 1.807) is 6.20 Å². The zero-order chi connectivity index (χ0) is 23.9. The molecule has 36 heavy (non-hydrogen) atoms. The van der Waals surface area contributed by atoms with Gasteiger partial charge in [-0.2, -0.15) is 0 Å². The predicted molar refractivity (Wildman–Crippen MR) is 149 cm³/mol. The molecule has 0 aliphatic rings. The highest BCUT2D eigenvalue weighted by Crippen LogP contribution is 2.39. The highest BCUT2D eigenvalue weighted by Gasteiger charge is 2.16. The third-order valence-electron chi connectivity index (χ3n) is 6.71. The van der Waals surface area contributed by atoms with Crippen LogP contribution in [0.1, 0.15) is 0 Å². The van der Waals surface area contributed by atoms with E-state index >= 15 is 0 Å². The van der Waals surface area contributed by atoms with Crippen LogP contribution in [0.25, 0.3) is 44.0 Å². The van der Waals surface area contributed by atoms with E-state index in [0.29, 0.717) is 5.71 Å². The summed E-state index contributed by atoms with van der Waals surface area (Å²) in [5.74, 6) is 0. The lowest BCUT2D eigenvalue weighted by Crippen LogP contribution is -2.09. The molecular formula is C33H22N2O. The largest absolute Gasteiger partial charge is 0.438 e. The van der Waals surface area contributed by atoms with Crippen molar-refractivity contribution >= 4 is 49.9 Å². The molecule has 0 aliphatic carbocycles. The molecule has 7 aromatic rings. The van der Waals surface area contributed by atoms with E-state index in [2.05, 4.69) is 119 Å². The Morgan fingerprint density at radius 2 is 1.19 bits per heavy atom. The molecule has 0 saturated heterocycles. The van der Waals surface area contributed by atoms with Gasteiger partial charge in [-0.25, -0.2) is 4.98 Å². The second-order valence-electron chi connectivity index (χ2n) is 8.92. The molecule has 2 aromatic heterocycles. The van der Waals surface area contributed by atoms with E-state index in [-0.39, 0.29) is 0 Å². The van der Waals surface area contributed by atoms with Gasteiger partial charge in [0.15, 0.2) is 0 Å². The third kappa shape index (κ3) is 3.50. The first-order chi connectivity index (χ1) is 17.8. The SMILES string of the molecule is c1ccc(-c2ccc(N(c3ccc4ccccc4c3)c3ccc4oc5ncccc5c4c3)cc2)cc1. The standard InChI is InChI=1S/C33H22N2O/c1-2-7-23(8-3-1)25-12-15-27(16-13-25)35(28-17-14-24-9-4-5-10-26(24)21-28)29-18-19-32-31(22-29)30-11-6-20-34-33(30)36-32/h1-22H. The number of anilines is 3. The van der Waals surface area contributed by atoms with E-state index in [1.807, 2.05) is 18.2 Å². The smallest absolute Gasteiger partial charge is 0.227 e. The Balaban J connectivity index is 1.41. The van der Waals surface area contributed by atoms with Gasteiger partial charge in [-0.1, -0.05) is 72.8 Å². The van der Waals surface area contributed by atoms with Crippen molar-refractivity contribution in [3.05, 3.63) is 134 Å². The summed E-state index contributed by atoms with van der Waals surface area (Å²) in [6.07, 6.45) is 1.77. The summed E-state index contributed by atoms with van der Waals surface area (Å²) in [5, 5.41) is 4.51. The van der Waals surface area contributed by atoms with Crippen molar-refractivity contribution in [3.63, 3.8) is 0 Å². The number of pyridine rings is 1. The molecule has 7 rings (SSSR count). The van der Waals surface area contributed by atoms with Crippen molar-refractivity contribution in [2.24, 2.45) is 0 Å². The summed E-state index contributed by atoms with van der Waals surface area (Å²) in [6.45, 7) is 0. The number of furan rings is 1. The average Bonchev–Trinajstić information content (AvgIpc) is 3.32. The van der Waals surface area contributed by atoms with Gasteiger partial charge in [0.2, 0.25) is 5.71 Å². The molecule has 0 saturated carbocycles. The highest BCUT2D eigenvalue weighted by atomic mass is 16.3. The van der Waals surface area contributed by atoms with Crippen molar-refractivity contribution in [1.29, 1.82) is 0 Å². The van der Waals surface area contributed by atoms with Crippen molar-refractivity contribution < 1.29 is 4.42 Å². The molecule has 0 atom stereocenters. The molecule has 0 unspecified atom stereocenters. The second-order valence-corrected chi connectivity index (χ2v) is 8.92. The topological polar surface area (TPSA) is 29.3 Å². The van der Waals surface area contributed by atoms with Crippen molar-refractivity contribution in [2.75, 3.05) is 4.90 Å². The van der Waals surface area contributed by atoms with Gasteiger partial charge in [-0.15, -0.1) is 0 Å². The fourth-order valence-electron chi connectivity index (χ4n) is 4.93. The molecule has 0 radical (unpaired) electrons. The Hall–Kier alpha value is -4.89. The van der Waals surface area contributed by atoms with E-state index < -0.39 is 0 Å². The number of benzene rings is 5. The normalized spacial score (nSPS) is 11.3. The van der Waals surface area contributed by atoms with E-state index in [0.717, 1.165) is 33.4 Å². The molecule has 170 valence electrons. The molecule has 0 amide bonds. The Morgan fingerprint density at radius 1 is 0.500 bits per heavy atom. The number of rotatable bonds is 4. The van der Waals surface area contributed by atoms with Crippen LogP contribution in [0, 0.1) is 0 Å². The van der Waals surface area contributed by atoms with Crippen molar-refractivity contribution in [3.8, 4) is 11.1 Å². The van der Waals surface area contributed by atoms with Crippen LogP contribution in [-0.4, -0.2) is 4.98 Å². The van der Waals surface area contributed by atoms with Gasteiger partial charge in [0.05, 0.1) is 0 Å². The number of nitrogens with zero attached hydrogens (tertiary/aromatic N) is 2. The summed E-state index contributed by atoms with van der Waals surface area (Å²) >= 11 is 0. The summed E-state index contributed by atoms with van der Waals surface area (Å²) < 4.78 is 5.99. The van der Waals surface area contributed by atoms with Crippen LogP contribution in [0.4, 0.5) is 17.1 Å². The van der Waals surface area contributed by atoms with Gasteiger partial charge in [0.1, 0.15) is 5.58 Å². The molecule has 0 spiro atoms. The summed E-state index contributed by atoms with van der Waals surface area (Å²) in [6, 6.07) is 44.7. The maximum atomic E-state index is 5.99.